The third-order valence-corrected chi connectivity index (χ3v) is 4.07. The van der Waals surface area contributed by atoms with Gasteiger partial charge in [-0.3, -0.25) is 0 Å². The molecule has 2 heterocycles. The maximum atomic E-state index is 6.01. The Balaban J connectivity index is 0.00000162. The molecule has 4 nitrogen and oxygen atoms in total. The van der Waals surface area contributed by atoms with Crippen LogP contribution in [0.15, 0.2) is 11.2 Å². The molecule has 0 saturated carbocycles. The number of aryl methyl sites for hydroxylation is 1. The van der Waals surface area contributed by atoms with Gasteiger partial charge in [-0.25, -0.2) is 9.98 Å². The molecular formula is C12H21IN4S. The maximum Gasteiger partial charge on any atom is 0.191 e. The number of hydrogen-bond acceptors (Lipinski definition) is 3. The molecule has 0 amide bonds. The van der Waals surface area contributed by atoms with Crippen molar-refractivity contribution in [3.05, 3.63) is 16.1 Å². The molecule has 1 aliphatic rings. The topological polar surface area (TPSA) is 54.5 Å². The molecule has 0 bridgehead atoms. The van der Waals surface area contributed by atoms with E-state index < -0.39 is 0 Å². The Morgan fingerprint density at radius 1 is 1.56 bits per heavy atom. The summed E-state index contributed by atoms with van der Waals surface area (Å²) in [7, 11) is 0. The van der Waals surface area contributed by atoms with Crippen molar-refractivity contribution >= 4 is 41.3 Å². The van der Waals surface area contributed by atoms with Gasteiger partial charge in [0.2, 0.25) is 0 Å². The Bertz CT molecular complexity index is 397. The van der Waals surface area contributed by atoms with Gasteiger partial charge < -0.3 is 10.6 Å². The monoisotopic (exact) mass is 380 g/mol. The van der Waals surface area contributed by atoms with E-state index >= 15 is 0 Å². The fraction of sp³-hybridized carbons (Fsp3) is 0.667. The minimum Gasteiger partial charge on any atom is -0.370 e. The van der Waals surface area contributed by atoms with Crippen molar-refractivity contribution in [3.8, 4) is 0 Å². The van der Waals surface area contributed by atoms with Crippen LogP contribution >= 0.6 is 35.3 Å². The Morgan fingerprint density at radius 2 is 2.22 bits per heavy atom. The van der Waals surface area contributed by atoms with E-state index in [9.17, 15) is 0 Å². The first-order valence-electron chi connectivity index (χ1n) is 6.11. The van der Waals surface area contributed by atoms with Crippen molar-refractivity contribution in [1.82, 2.24) is 9.88 Å². The van der Waals surface area contributed by atoms with Gasteiger partial charge in [0.1, 0.15) is 0 Å². The van der Waals surface area contributed by atoms with E-state index in [-0.39, 0.29) is 24.0 Å². The Hall–Kier alpha value is -0.370. The van der Waals surface area contributed by atoms with Gasteiger partial charge in [-0.15, -0.1) is 35.3 Å². The number of hydrogen-bond donors (Lipinski definition) is 1. The fourth-order valence-corrected chi connectivity index (χ4v) is 2.69. The molecule has 0 aromatic carbocycles. The first kappa shape index (κ1) is 15.7. The van der Waals surface area contributed by atoms with Gasteiger partial charge in [-0.2, -0.15) is 0 Å². The van der Waals surface area contributed by atoms with Crippen LogP contribution in [0.2, 0.25) is 0 Å². The number of guanidine groups is 1. The van der Waals surface area contributed by atoms with Crippen LogP contribution in [0.1, 0.15) is 29.7 Å². The fourth-order valence-electron chi connectivity index (χ4n) is 1.98. The second-order valence-electron chi connectivity index (χ2n) is 4.69. The van der Waals surface area contributed by atoms with Crippen molar-refractivity contribution < 1.29 is 0 Å². The summed E-state index contributed by atoms with van der Waals surface area (Å²) in [6.45, 7) is 7.04. The van der Waals surface area contributed by atoms with E-state index in [4.69, 9.17) is 5.73 Å². The van der Waals surface area contributed by atoms with Crippen LogP contribution in [-0.2, 0) is 6.54 Å². The normalized spacial score (nSPS) is 17.7. The summed E-state index contributed by atoms with van der Waals surface area (Å²) in [5.41, 5.74) is 6.01. The molecule has 1 fully saturated rings. The van der Waals surface area contributed by atoms with Gasteiger partial charge in [0, 0.05) is 24.2 Å². The molecule has 0 spiro atoms. The molecular weight excluding hydrogens is 359 g/mol. The summed E-state index contributed by atoms with van der Waals surface area (Å²) in [6.07, 6.45) is 4.32. The maximum absolute atomic E-state index is 6.01. The van der Waals surface area contributed by atoms with E-state index in [0.717, 1.165) is 24.0 Å². The molecule has 1 aromatic rings. The quantitative estimate of drug-likeness (QED) is 0.488. The SMILES string of the molecule is Cc1ncc(CN=C(N)N2CCC(C)CC2)s1.I. The van der Waals surface area contributed by atoms with Crippen molar-refractivity contribution in [2.75, 3.05) is 13.1 Å². The molecule has 6 heteroatoms. The number of rotatable bonds is 2. The molecule has 0 unspecified atom stereocenters. The van der Waals surface area contributed by atoms with Crippen LogP contribution in [0.3, 0.4) is 0 Å². The average Bonchev–Trinajstić information content (AvgIpc) is 2.73. The van der Waals surface area contributed by atoms with Crippen LogP contribution in [0.25, 0.3) is 0 Å². The molecule has 1 aromatic heterocycles. The summed E-state index contributed by atoms with van der Waals surface area (Å²) in [6, 6.07) is 0. The van der Waals surface area contributed by atoms with E-state index in [2.05, 4.69) is 21.8 Å². The summed E-state index contributed by atoms with van der Waals surface area (Å²) in [4.78, 5) is 12.0. The zero-order valence-electron chi connectivity index (χ0n) is 10.9. The molecule has 0 radical (unpaired) electrons. The van der Waals surface area contributed by atoms with E-state index in [0.29, 0.717) is 12.5 Å². The lowest BCUT2D eigenvalue weighted by atomic mass is 10.00. The minimum atomic E-state index is 0. The third-order valence-electron chi connectivity index (χ3n) is 3.17. The summed E-state index contributed by atoms with van der Waals surface area (Å²) in [5.74, 6) is 1.51. The highest BCUT2D eigenvalue weighted by atomic mass is 127. The minimum absolute atomic E-state index is 0. The van der Waals surface area contributed by atoms with Gasteiger partial charge in [-0.1, -0.05) is 6.92 Å². The molecule has 18 heavy (non-hydrogen) atoms. The van der Waals surface area contributed by atoms with Crippen molar-refractivity contribution in [2.45, 2.75) is 33.2 Å². The van der Waals surface area contributed by atoms with Crippen molar-refractivity contribution in [2.24, 2.45) is 16.6 Å². The number of nitrogens with zero attached hydrogens (tertiary/aromatic N) is 3. The Labute approximate surface area is 130 Å². The average molecular weight is 380 g/mol. The largest absolute Gasteiger partial charge is 0.370 e. The predicted molar refractivity (Wildman–Crippen MR) is 87.6 cm³/mol. The Morgan fingerprint density at radius 3 is 2.78 bits per heavy atom. The van der Waals surface area contributed by atoms with Crippen LogP contribution in [0.4, 0.5) is 0 Å². The molecule has 2 rings (SSSR count). The van der Waals surface area contributed by atoms with Crippen LogP contribution < -0.4 is 5.73 Å². The molecule has 0 aliphatic carbocycles. The first-order chi connectivity index (χ1) is 8.15. The first-order valence-corrected chi connectivity index (χ1v) is 6.93. The van der Waals surface area contributed by atoms with E-state index in [1.54, 1.807) is 11.3 Å². The third kappa shape index (κ3) is 4.38. The van der Waals surface area contributed by atoms with Gasteiger partial charge >= 0.3 is 0 Å². The molecule has 1 aliphatic heterocycles. The van der Waals surface area contributed by atoms with Crippen molar-refractivity contribution in [1.29, 1.82) is 0 Å². The molecule has 102 valence electrons. The summed E-state index contributed by atoms with van der Waals surface area (Å²) < 4.78 is 0. The smallest absolute Gasteiger partial charge is 0.191 e. The lowest BCUT2D eigenvalue weighted by Crippen LogP contribution is -2.42. The molecule has 2 N–H and O–H groups in total. The Kier molecular flexibility index (Phi) is 6.34. The zero-order chi connectivity index (χ0) is 12.3. The van der Waals surface area contributed by atoms with Crippen LogP contribution in [0.5, 0.6) is 0 Å². The number of piperidine rings is 1. The van der Waals surface area contributed by atoms with Gasteiger partial charge in [-0.05, 0) is 25.7 Å². The number of nitrogens with two attached hydrogens (primary N) is 1. The number of halogens is 1. The molecule has 1 saturated heterocycles. The van der Waals surface area contributed by atoms with Crippen LogP contribution in [-0.4, -0.2) is 28.9 Å². The highest BCUT2D eigenvalue weighted by Crippen LogP contribution is 2.16. The second-order valence-corrected chi connectivity index (χ2v) is 6.01. The second kappa shape index (κ2) is 7.28. The highest BCUT2D eigenvalue weighted by Gasteiger charge is 2.16. The highest BCUT2D eigenvalue weighted by molar-refractivity contribution is 14.0. The number of thiazole rings is 1. The molecule has 0 atom stereocenters. The van der Waals surface area contributed by atoms with Crippen LogP contribution in [0, 0.1) is 12.8 Å². The number of aliphatic imine (C=N–C) groups is 1. The van der Waals surface area contributed by atoms with E-state index in [1.165, 1.54) is 17.7 Å². The lowest BCUT2D eigenvalue weighted by molar-refractivity contribution is 0.277. The standard InChI is InChI=1S/C12H20N4S.HI/c1-9-3-5-16(6-4-9)12(13)15-8-11-7-14-10(2)17-11;/h7,9H,3-6,8H2,1-2H3,(H2,13,15);1H. The number of likely N-dealkylation sites (tertiary alicyclic amines) is 1. The lowest BCUT2D eigenvalue weighted by Gasteiger charge is -2.30. The van der Waals surface area contributed by atoms with E-state index in [1.807, 2.05) is 13.1 Å². The van der Waals surface area contributed by atoms with Gasteiger partial charge in [0.15, 0.2) is 5.96 Å². The van der Waals surface area contributed by atoms with Gasteiger partial charge in [0.05, 0.1) is 11.6 Å². The predicted octanol–water partition coefficient (Wildman–Crippen LogP) is 2.62. The van der Waals surface area contributed by atoms with Crippen molar-refractivity contribution in [3.63, 3.8) is 0 Å². The summed E-state index contributed by atoms with van der Waals surface area (Å²) in [5, 5.41) is 1.08. The summed E-state index contributed by atoms with van der Waals surface area (Å²) >= 11 is 1.68. The van der Waals surface area contributed by atoms with Gasteiger partial charge in [0.25, 0.3) is 0 Å². The number of aromatic nitrogens is 1. The zero-order valence-corrected chi connectivity index (χ0v) is 14.1.